The number of nitrogens with one attached hydrogen (secondary N) is 1. The minimum Gasteiger partial charge on any atom is -0.391 e. The van der Waals surface area contributed by atoms with E-state index in [-0.39, 0.29) is 11.8 Å². The number of amides is 1. The second-order valence-electron chi connectivity index (χ2n) is 5.13. The Bertz CT molecular complexity index is 215. The van der Waals surface area contributed by atoms with Gasteiger partial charge in [0.2, 0.25) is 5.91 Å². The lowest BCUT2D eigenvalue weighted by Gasteiger charge is -2.21. The van der Waals surface area contributed by atoms with Gasteiger partial charge in [-0.1, -0.05) is 40.5 Å². The standard InChI is InChI=1S/C13H28N2O2/c1-5-10(6-2)12(16)8-15-13(17)11(14)7-9(3)4/h9-12,16H,5-8,14H2,1-4H3,(H,15,17)/t11-,12?/m1/s1. The summed E-state index contributed by atoms with van der Waals surface area (Å²) in [5, 5.41) is 12.6. The van der Waals surface area contributed by atoms with Gasteiger partial charge in [0.25, 0.3) is 0 Å². The third-order valence-electron chi connectivity index (χ3n) is 3.14. The molecule has 4 nitrogen and oxygen atoms in total. The number of hydrogen-bond acceptors (Lipinski definition) is 3. The Labute approximate surface area is 105 Å². The van der Waals surface area contributed by atoms with Gasteiger partial charge in [0.05, 0.1) is 12.1 Å². The molecule has 17 heavy (non-hydrogen) atoms. The summed E-state index contributed by atoms with van der Waals surface area (Å²) < 4.78 is 0. The van der Waals surface area contributed by atoms with Gasteiger partial charge in [-0.2, -0.15) is 0 Å². The molecule has 0 aliphatic rings. The van der Waals surface area contributed by atoms with Crippen molar-refractivity contribution >= 4 is 5.91 Å². The third kappa shape index (κ3) is 6.64. The molecule has 0 aliphatic carbocycles. The number of nitrogens with two attached hydrogens (primary N) is 1. The Hall–Kier alpha value is -0.610. The molecule has 4 N–H and O–H groups in total. The van der Waals surface area contributed by atoms with Gasteiger partial charge in [-0.25, -0.2) is 0 Å². The molecule has 2 atom stereocenters. The summed E-state index contributed by atoms with van der Waals surface area (Å²) in [7, 11) is 0. The van der Waals surface area contributed by atoms with Gasteiger partial charge >= 0.3 is 0 Å². The van der Waals surface area contributed by atoms with Crippen LogP contribution >= 0.6 is 0 Å². The Balaban J connectivity index is 3.98. The Kier molecular flexibility index (Phi) is 8.17. The summed E-state index contributed by atoms with van der Waals surface area (Å²) >= 11 is 0. The van der Waals surface area contributed by atoms with E-state index in [1.807, 2.05) is 27.7 Å². The summed E-state index contributed by atoms with van der Waals surface area (Å²) in [4.78, 5) is 11.6. The topological polar surface area (TPSA) is 75.3 Å². The molecule has 0 saturated heterocycles. The molecule has 0 aromatic carbocycles. The lowest BCUT2D eigenvalue weighted by Crippen LogP contribution is -2.45. The second-order valence-corrected chi connectivity index (χ2v) is 5.13. The quantitative estimate of drug-likeness (QED) is 0.602. The summed E-state index contributed by atoms with van der Waals surface area (Å²) in [6.45, 7) is 8.46. The molecular weight excluding hydrogens is 216 g/mol. The minimum absolute atomic E-state index is 0.163. The molecule has 1 amide bonds. The number of aliphatic hydroxyl groups is 1. The van der Waals surface area contributed by atoms with E-state index in [9.17, 15) is 9.90 Å². The van der Waals surface area contributed by atoms with Crippen molar-refractivity contribution in [1.82, 2.24) is 5.32 Å². The van der Waals surface area contributed by atoms with Crippen LogP contribution in [-0.2, 0) is 4.79 Å². The molecule has 0 spiro atoms. The zero-order valence-corrected chi connectivity index (χ0v) is 11.6. The zero-order chi connectivity index (χ0) is 13.4. The van der Waals surface area contributed by atoms with Crippen molar-refractivity contribution in [3.8, 4) is 0 Å². The van der Waals surface area contributed by atoms with Gasteiger partial charge in [-0.15, -0.1) is 0 Å². The monoisotopic (exact) mass is 244 g/mol. The molecule has 102 valence electrons. The largest absolute Gasteiger partial charge is 0.391 e. The number of rotatable bonds is 8. The van der Waals surface area contributed by atoms with Crippen LogP contribution in [0.25, 0.3) is 0 Å². The normalized spacial score (nSPS) is 15.1. The first-order valence-corrected chi connectivity index (χ1v) is 6.63. The van der Waals surface area contributed by atoms with Gasteiger partial charge in [-0.05, 0) is 18.3 Å². The molecule has 0 heterocycles. The molecular formula is C13H28N2O2. The highest BCUT2D eigenvalue weighted by Gasteiger charge is 2.19. The fourth-order valence-corrected chi connectivity index (χ4v) is 1.95. The lowest BCUT2D eigenvalue weighted by atomic mass is 9.96. The predicted octanol–water partition coefficient (Wildman–Crippen LogP) is 1.27. The van der Waals surface area contributed by atoms with E-state index in [2.05, 4.69) is 5.32 Å². The highest BCUT2D eigenvalue weighted by molar-refractivity contribution is 5.81. The SMILES string of the molecule is CCC(CC)C(O)CNC(=O)[C@H](N)CC(C)C. The third-order valence-corrected chi connectivity index (χ3v) is 3.14. The molecule has 4 heteroatoms. The van der Waals surface area contributed by atoms with Crippen molar-refractivity contribution in [3.05, 3.63) is 0 Å². The fourth-order valence-electron chi connectivity index (χ4n) is 1.95. The first kappa shape index (κ1) is 16.4. The first-order chi connectivity index (χ1) is 7.92. The molecule has 0 fully saturated rings. The van der Waals surface area contributed by atoms with Crippen LogP contribution in [0.15, 0.2) is 0 Å². The van der Waals surface area contributed by atoms with Crippen molar-refractivity contribution in [1.29, 1.82) is 0 Å². The van der Waals surface area contributed by atoms with Gasteiger partial charge in [0.15, 0.2) is 0 Å². The number of aliphatic hydroxyl groups excluding tert-OH is 1. The first-order valence-electron chi connectivity index (χ1n) is 6.63. The van der Waals surface area contributed by atoms with Crippen LogP contribution in [0.3, 0.4) is 0 Å². The van der Waals surface area contributed by atoms with Crippen LogP contribution in [0.5, 0.6) is 0 Å². The highest BCUT2D eigenvalue weighted by Crippen LogP contribution is 2.12. The molecule has 0 bridgehead atoms. The van der Waals surface area contributed by atoms with Crippen LogP contribution in [0.1, 0.15) is 47.0 Å². The Morgan fingerprint density at radius 2 is 1.82 bits per heavy atom. The van der Waals surface area contributed by atoms with E-state index in [0.717, 1.165) is 12.8 Å². The Morgan fingerprint density at radius 1 is 1.29 bits per heavy atom. The maximum atomic E-state index is 11.6. The highest BCUT2D eigenvalue weighted by atomic mass is 16.3. The molecule has 0 aromatic rings. The van der Waals surface area contributed by atoms with Crippen LogP contribution in [-0.4, -0.2) is 29.7 Å². The number of carbonyl (C=O) groups is 1. The maximum absolute atomic E-state index is 11.6. The maximum Gasteiger partial charge on any atom is 0.237 e. The van der Waals surface area contributed by atoms with Gasteiger partial charge in [0, 0.05) is 6.54 Å². The average molecular weight is 244 g/mol. The zero-order valence-electron chi connectivity index (χ0n) is 11.6. The number of hydrogen-bond donors (Lipinski definition) is 3. The average Bonchev–Trinajstić information content (AvgIpc) is 2.26. The van der Waals surface area contributed by atoms with Gasteiger partial charge in [-0.3, -0.25) is 4.79 Å². The lowest BCUT2D eigenvalue weighted by molar-refractivity contribution is -0.123. The van der Waals surface area contributed by atoms with E-state index in [1.165, 1.54) is 0 Å². The number of carbonyl (C=O) groups excluding carboxylic acids is 1. The molecule has 0 radical (unpaired) electrons. The molecule has 1 unspecified atom stereocenters. The van der Waals surface area contributed by atoms with Gasteiger partial charge in [0.1, 0.15) is 0 Å². The van der Waals surface area contributed by atoms with E-state index in [4.69, 9.17) is 5.73 Å². The van der Waals surface area contributed by atoms with Crippen molar-refractivity contribution in [2.45, 2.75) is 59.1 Å². The van der Waals surface area contributed by atoms with Crippen molar-refractivity contribution < 1.29 is 9.90 Å². The summed E-state index contributed by atoms with van der Waals surface area (Å²) in [5.74, 6) is 0.486. The van der Waals surface area contributed by atoms with Crippen molar-refractivity contribution in [2.24, 2.45) is 17.6 Å². The van der Waals surface area contributed by atoms with E-state index >= 15 is 0 Å². The molecule has 0 aromatic heterocycles. The minimum atomic E-state index is -0.472. The summed E-state index contributed by atoms with van der Waals surface area (Å²) in [6.07, 6.45) is 2.05. The fraction of sp³-hybridized carbons (Fsp3) is 0.923. The summed E-state index contributed by atoms with van der Waals surface area (Å²) in [6, 6.07) is -0.469. The second kappa shape index (κ2) is 8.48. The van der Waals surface area contributed by atoms with Crippen LogP contribution in [0.2, 0.25) is 0 Å². The molecule has 0 saturated carbocycles. The van der Waals surface area contributed by atoms with E-state index in [0.29, 0.717) is 18.9 Å². The predicted molar refractivity (Wildman–Crippen MR) is 70.5 cm³/mol. The van der Waals surface area contributed by atoms with Crippen molar-refractivity contribution in [2.75, 3.05) is 6.54 Å². The van der Waals surface area contributed by atoms with Gasteiger partial charge < -0.3 is 16.2 Å². The van der Waals surface area contributed by atoms with E-state index < -0.39 is 12.1 Å². The van der Waals surface area contributed by atoms with Crippen LogP contribution < -0.4 is 11.1 Å². The van der Waals surface area contributed by atoms with Crippen molar-refractivity contribution in [3.63, 3.8) is 0 Å². The summed E-state index contributed by atoms with van der Waals surface area (Å²) in [5.41, 5.74) is 5.75. The van der Waals surface area contributed by atoms with Crippen LogP contribution in [0, 0.1) is 11.8 Å². The van der Waals surface area contributed by atoms with Crippen LogP contribution in [0.4, 0.5) is 0 Å². The smallest absolute Gasteiger partial charge is 0.237 e. The Morgan fingerprint density at radius 3 is 2.24 bits per heavy atom. The molecule has 0 aliphatic heterocycles. The molecule has 0 rings (SSSR count). The van der Waals surface area contributed by atoms with E-state index in [1.54, 1.807) is 0 Å².